The summed E-state index contributed by atoms with van der Waals surface area (Å²) in [7, 11) is 1.78. The SMILES string of the molecule is CCC/C=C1\C(N2CCN(C(C)c3ccc4nc(C)sc4n3)CC2C)=CC(=O)N(C)N1/C=C(\C)CC#N. The van der Waals surface area contributed by atoms with E-state index in [1.54, 1.807) is 29.5 Å². The fourth-order valence-electron chi connectivity index (χ4n) is 4.97. The van der Waals surface area contributed by atoms with Crippen LogP contribution in [0.5, 0.6) is 0 Å². The first kappa shape index (κ1) is 26.8. The quantitative estimate of drug-likeness (QED) is 0.501. The zero-order valence-corrected chi connectivity index (χ0v) is 23.5. The van der Waals surface area contributed by atoms with E-state index < -0.39 is 0 Å². The fourth-order valence-corrected chi connectivity index (χ4v) is 5.76. The summed E-state index contributed by atoms with van der Waals surface area (Å²) in [6, 6.07) is 6.78. The van der Waals surface area contributed by atoms with E-state index in [1.807, 2.05) is 25.1 Å². The van der Waals surface area contributed by atoms with Gasteiger partial charge in [-0.05, 0) is 51.8 Å². The van der Waals surface area contributed by atoms with Gasteiger partial charge in [0.2, 0.25) is 0 Å². The summed E-state index contributed by atoms with van der Waals surface area (Å²) in [5.41, 5.74) is 4.90. The Morgan fingerprint density at radius 1 is 1.32 bits per heavy atom. The molecule has 1 amide bonds. The number of nitriles is 1. The van der Waals surface area contributed by atoms with Crippen LogP contribution in [0.15, 0.2) is 47.5 Å². The van der Waals surface area contributed by atoms with Crippen molar-refractivity contribution in [3.8, 4) is 6.07 Å². The van der Waals surface area contributed by atoms with Gasteiger partial charge in [0.1, 0.15) is 10.3 Å². The molecule has 0 saturated carbocycles. The van der Waals surface area contributed by atoms with E-state index in [0.29, 0.717) is 6.42 Å². The number of allylic oxidation sites excluding steroid dienone is 2. The van der Waals surface area contributed by atoms with Crippen LogP contribution in [0.25, 0.3) is 10.3 Å². The van der Waals surface area contributed by atoms with Crippen LogP contribution in [-0.2, 0) is 4.79 Å². The molecule has 2 unspecified atom stereocenters. The Labute approximate surface area is 224 Å². The third kappa shape index (κ3) is 5.71. The van der Waals surface area contributed by atoms with Gasteiger partial charge < -0.3 is 4.90 Å². The van der Waals surface area contributed by atoms with E-state index in [1.165, 1.54) is 0 Å². The van der Waals surface area contributed by atoms with Crippen molar-refractivity contribution in [1.29, 1.82) is 5.26 Å². The molecule has 1 fully saturated rings. The van der Waals surface area contributed by atoms with Gasteiger partial charge in [0.05, 0.1) is 34.6 Å². The molecule has 0 bridgehead atoms. The Morgan fingerprint density at radius 3 is 2.81 bits per heavy atom. The minimum absolute atomic E-state index is 0.0648. The lowest BCUT2D eigenvalue weighted by Gasteiger charge is -2.47. The van der Waals surface area contributed by atoms with Crippen molar-refractivity contribution >= 4 is 27.6 Å². The molecule has 0 N–H and O–H groups in total. The molecule has 2 aromatic rings. The lowest BCUT2D eigenvalue weighted by Crippen LogP contribution is -2.54. The number of amides is 1. The Morgan fingerprint density at radius 2 is 2.11 bits per heavy atom. The van der Waals surface area contributed by atoms with Crippen molar-refractivity contribution in [2.75, 3.05) is 26.7 Å². The van der Waals surface area contributed by atoms with Crippen LogP contribution < -0.4 is 0 Å². The molecule has 0 aromatic carbocycles. The van der Waals surface area contributed by atoms with E-state index in [2.05, 4.69) is 59.8 Å². The monoisotopic (exact) mass is 519 g/mol. The first-order valence-corrected chi connectivity index (χ1v) is 13.8. The second-order valence-corrected chi connectivity index (χ2v) is 11.1. The molecule has 196 valence electrons. The number of hydrogen-bond donors (Lipinski definition) is 0. The summed E-state index contributed by atoms with van der Waals surface area (Å²) in [5.74, 6) is -0.0648. The van der Waals surface area contributed by atoms with Crippen LogP contribution in [0.3, 0.4) is 0 Å². The average Bonchev–Trinajstić information content (AvgIpc) is 3.25. The van der Waals surface area contributed by atoms with E-state index in [0.717, 1.165) is 70.5 Å². The molecule has 9 heteroatoms. The number of fused-ring (bicyclic) bond motifs is 1. The number of rotatable bonds is 7. The van der Waals surface area contributed by atoms with Crippen LogP contribution in [0.2, 0.25) is 0 Å². The van der Waals surface area contributed by atoms with Gasteiger partial charge in [-0.15, -0.1) is 0 Å². The van der Waals surface area contributed by atoms with Gasteiger partial charge in [-0.2, -0.15) is 5.26 Å². The van der Waals surface area contributed by atoms with Crippen molar-refractivity contribution in [3.05, 3.63) is 58.2 Å². The molecular weight excluding hydrogens is 482 g/mol. The van der Waals surface area contributed by atoms with Gasteiger partial charge in [0, 0.05) is 51.0 Å². The third-order valence-corrected chi connectivity index (χ3v) is 7.95. The summed E-state index contributed by atoms with van der Waals surface area (Å²) < 4.78 is 0. The van der Waals surface area contributed by atoms with Gasteiger partial charge in [-0.25, -0.2) is 15.0 Å². The maximum atomic E-state index is 13.0. The van der Waals surface area contributed by atoms with E-state index in [-0.39, 0.29) is 18.0 Å². The van der Waals surface area contributed by atoms with Crippen LogP contribution >= 0.6 is 11.3 Å². The number of likely N-dealkylation sites (N-methyl/N-ethyl adjacent to an activating group) is 1. The molecule has 0 spiro atoms. The molecule has 8 nitrogen and oxygen atoms in total. The van der Waals surface area contributed by atoms with Gasteiger partial charge in [0.25, 0.3) is 5.91 Å². The molecule has 4 heterocycles. The second-order valence-electron chi connectivity index (χ2n) is 9.93. The van der Waals surface area contributed by atoms with Gasteiger partial charge in [-0.1, -0.05) is 30.8 Å². The van der Waals surface area contributed by atoms with Gasteiger partial charge in [0.15, 0.2) is 0 Å². The summed E-state index contributed by atoms with van der Waals surface area (Å²) in [4.78, 5) is 28.3. The number of thiazole rings is 1. The lowest BCUT2D eigenvalue weighted by molar-refractivity contribution is -0.135. The van der Waals surface area contributed by atoms with Crippen molar-refractivity contribution in [1.82, 2.24) is 29.8 Å². The van der Waals surface area contributed by atoms with E-state index >= 15 is 0 Å². The molecule has 1 saturated heterocycles. The number of hydrazine groups is 1. The average molecular weight is 520 g/mol. The summed E-state index contributed by atoms with van der Waals surface area (Å²) >= 11 is 1.64. The maximum Gasteiger partial charge on any atom is 0.267 e. The van der Waals surface area contributed by atoms with Crippen molar-refractivity contribution < 1.29 is 4.79 Å². The van der Waals surface area contributed by atoms with Gasteiger partial charge >= 0.3 is 0 Å². The van der Waals surface area contributed by atoms with Crippen molar-refractivity contribution in [2.45, 2.75) is 66.0 Å². The first-order valence-electron chi connectivity index (χ1n) is 13.0. The van der Waals surface area contributed by atoms with Crippen LogP contribution in [-0.4, -0.2) is 68.4 Å². The molecule has 2 aromatic heterocycles. The summed E-state index contributed by atoms with van der Waals surface area (Å²) in [6.45, 7) is 13.1. The second kappa shape index (κ2) is 11.4. The normalized spacial score (nSPS) is 21.5. The fraction of sp³-hybridized carbons (Fsp3) is 0.500. The highest BCUT2D eigenvalue weighted by Crippen LogP contribution is 2.32. The van der Waals surface area contributed by atoms with Gasteiger partial charge in [-0.3, -0.25) is 14.7 Å². The van der Waals surface area contributed by atoms with E-state index in [4.69, 9.17) is 10.2 Å². The number of carbonyl (C=O) groups is 1. The number of pyridine rings is 1. The lowest BCUT2D eigenvalue weighted by atomic mass is 10.0. The largest absolute Gasteiger partial charge is 0.364 e. The topological polar surface area (TPSA) is 79.6 Å². The Bertz CT molecular complexity index is 1290. The number of aryl methyl sites for hydroxylation is 1. The van der Waals surface area contributed by atoms with Crippen LogP contribution in [0, 0.1) is 18.3 Å². The zero-order valence-electron chi connectivity index (χ0n) is 22.7. The summed E-state index contributed by atoms with van der Waals surface area (Å²) in [5, 5.41) is 13.7. The number of aromatic nitrogens is 2. The molecule has 4 rings (SSSR count). The Hall–Kier alpha value is -3.22. The summed E-state index contributed by atoms with van der Waals surface area (Å²) in [6.07, 6.45) is 8.15. The molecule has 0 aliphatic carbocycles. The number of carbonyl (C=O) groups excluding carboxylic acids is 1. The highest BCUT2D eigenvalue weighted by molar-refractivity contribution is 7.18. The molecule has 2 atom stereocenters. The molecule has 0 radical (unpaired) electrons. The zero-order chi connectivity index (χ0) is 26.7. The highest BCUT2D eigenvalue weighted by Gasteiger charge is 2.35. The Kier molecular flexibility index (Phi) is 8.30. The number of hydrogen-bond acceptors (Lipinski definition) is 8. The number of unbranched alkanes of at least 4 members (excludes halogenated alkanes) is 1. The standard InChI is InChI=1S/C28H37N7OS/c1-7-8-9-25-26(16-27(36)32(6)35(25)17-19(2)12-13-29)34-15-14-33(18-20(34)3)21(4)23-10-11-24-28(31-23)37-22(5)30-24/h9-11,16-17,20-21H,7-8,12,14-15,18H2,1-6H3/b19-17+,25-9+. The van der Waals surface area contributed by atoms with Crippen molar-refractivity contribution in [3.63, 3.8) is 0 Å². The predicted octanol–water partition coefficient (Wildman–Crippen LogP) is 5.14. The van der Waals surface area contributed by atoms with Crippen molar-refractivity contribution in [2.24, 2.45) is 0 Å². The smallest absolute Gasteiger partial charge is 0.267 e. The van der Waals surface area contributed by atoms with E-state index in [9.17, 15) is 4.79 Å². The minimum Gasteiger partial charge on any atom is -0.364 e. The van der Waals surface area contributed by atoms with Crippen LogP contribution in [0.1, 0.15) is 63.7 Å². The molecule has 2 aliphatic heterocycles. The Balaban J connectivity index is 1.57. The number of nitrogens with zero attached hydrogens (tertiary/aromatic N) is 7. The minimum atomic E-state index is -0.0648. The molecule has 37 heavy (non-hydrogen) atoms. The highest BCUT2D eigenvalue weighted by atomic mass is 32.1. The predicted molar refractivity (Wildman–Crippen MR) is 148 cm³/mol. The number of piperazine rings is 1. The first-order chi connectivity index (χ1) is 17.7. The third-order valence-electron chi connectivity index (χ3n) is 7.07. The maximum absolute atomic E-state index is 13.0. The molecular formula is C28H37N7OS. The van der Waals surface area contributed by atoms with Crippen LogP contribution in [0.4, 0.5) is 0 Å². The molecule has 2 aliphatic rings.